The van der Waals surface area contributed by atoms with E-state index in [2.05, 4.69) is 5.32 Å². The Balaban J connectivity index is 2.73. The number of carboxylic acids is 1. The monoisotopic (exact) mass is 195 g/mol. The molecule has 4 heteroatoms. The van der Waals surface area contributed by atoms with Crippen molar-refractivity contribution in [1.82, 2.24) is 0 Å². The molecule has 0 aliphatic heterocycles. The Hall–Kier alpha value is -1.84. The van der Waals surface area contributed by atoms with E-state index in [-0.39, 0.29) is 5.82 Å². The third-order valence-corrected chi connectivity index (χ3v) is 1.65. The number of halogens is 1. The second-order valence-electron chi connectivity index (χ2n) is 2.78. The second-order valence-corrected chi connectivity index (χ2v) is 2.78. The van der Waals surface area contributed by atoms with Crippen molar-refractivity contribution in [1.29, 1.82) is 0 Å². The zero-order valence-electron chi connectivity index (χ0n) is 7.62. The number of nitrogens with one attached hydrogen (secondary N) is 1. The normalized spacial score (nSPS) is 10.4. The summed E-state index contributed by atoms with van der Waals surface area (Å²) in [6.45, 7) is 1.74. The maximum Gasteiger partial charge on any atom is 0.329 e. The van der Waals surface area contributed by atoms with Crippen molar-refractivity contribution in [2.45, 2.75) is 6.92 Å². The van der Waals surface area contributed by atoms with Crippen molar-refractivity contribution in [3.63, 3.8) is 0 Å². The van der Waals surface area contributed by atoms with E-state index in [0.29, 0.717) is 5.69 Å². The molecule has 0 aliphatic carbocycles. The number of aliphatic carboxylic acids is 1. The Kier molecular flexibility index (Phi) is 3.23. The zero-order chi connectivity index (χ0) is 10.6. The summed E-state index contributed by atoms with van der Waals surface area (Å²) in [6, 6.07) is 4.23. The Labute approximate surface area is 80.9 Å². The largest absolute Gasteiger partial charge is 0.478 e. The first kappa shape index (κ1) is 10.2. The highest BCUT2D eigenvalue weighted by Gasteiger charge is 1.97. The van der Waals surface area contributed by atoms with Crippen molar-refractivity contribution in [3.05, 3.63) is 41.9 Å². The van der Waals surface area contributed by atoms with Gasteiger partial charge in [0.1, 0.15) is 5.82 Å². The van der Waals surface area contributed by atoms with Gasteiger partial charge in [0.15, 0.2) is 0 Å². The average Bonchev–Trinajstić information content (AvgIpc) is 2.08. The van der Waals surface area contributed by atoms with Gasteiger partial charge in [-0.05, 0) is 30.7 Å². The summed E-state index contributed by atoms with van der Waals surface area (Å²) < 4.78 is 12.7. The lowest BCUT2D eigenvalue weighted by Crippen LogP contribution is -1.94. The van der Waals surface area contributed by atoms with Crippen LogP contribution in [0.5, 0.6) is 0 Å². The molecule has 0 aliphatic rings. The van der Waals surface area contributed by atoms with E-state index in [0.717, 1.165) is 11.6 Å². The number of carboxylic acid groups (broad SMARTS) is 1. The summed E-state index contributed by atoms with van der Waals surface area (Å²) in [5.74, 6) is -1.34. The highest BCUT2D eigenvalue weighted by Crippen LogP contribution is 2.15. The number of rotatable bonds is 3. The molecule has 0 unspecified atom stereocenters. The van der Waals surface area contributed by atoms with E-state index in [4.69, 9.17) is 5.11 Å². The smallest absolute Gasteiger partial charge is 0.329 e. The minimum absolute atomic E-state index is 0.310. The lowest BCUT2D eigenvalue weighted by atomic mass is 10.2. The van der Waals surface area contributed by atoms with Gasteiger partial charge < -0.3 is 10.4 Å². The quantitative estimate of drug-likeness (QED) is 0.726. The van der Waals surface area contributed by atoms with Crippen LogP contribution in [0.3, 0.4) is 0 Å². The maximum absolute atomic E-state index is 12.7. The van der Waals surface area contributed by atoms with Crippen LogP contribution in [0.15, 0.2) is 30.5 Å². The molecular weight excluding hydrogens is 185 g/mol. The molecule has 0 bridgehead atoms. The van der Waals surface area contributed by atoms with E-state index in [9.17, 15) is 9.18 Å². The Bertz CT molecular complexity index is 374. The molecule has 0 heterocycles. The molecule has 0 radical (unpaired) electrons. The molecule has 1 rings (SSSR count). The van der Waals surface area contributed by atoms with Gasteiger partial charge in [-0.2, -0.15) is 0 Å². The SMILES string of the molecule is Cc1cc(F)ccc1N/C=C/C(=O)O. The molecule has 3 nitrogen and oxygen atoms in total. The van der Waals surface area contributed by atoms with Gasteiger partial charge in [0.25, 0.3) is 0 Å². The van der Waals surface area contributed by atoms with E-state index < -0.39 is 5.97 Å². The van der Waals surface area contributed by atoms with Crippen molar-refractivity contribution in [2.24, 2.45) is 0 Å². The molecule has 14 heavy (non-hydrogen) atoms. The van der Waals surface area contributed by atoms with Gasteiger partial charge >= 0.3 is 5.97 Å². The summed E-state index contributed by atoms with van der Waals surface area (Å²) in [5.41, 5.74) is 1.41. The lowest BCUT2D eigenvalue weighted by molar-refractivity contribution is -0.131. The minimum atomic E-state index is -1.03. The third kappa shape index (κ3) is 2.90. The van der Waals surface area contributed by atoms with Gasteiger partial charge in [0.2, 0.25) is 0 Å². The van der Waals surface area contributed by atoms with Crippen LogP contribution in [-0.4, -0.2) is 11.1 Å². The summed E-state index contributed by atoms with van der Waals surface area (Å²) >= 11 is 0. The topological polar surface area (TPSA) is 49.3 Å². The van der Waals surface area contributed by atoms with Crippen LogP contribution in [-0.2, 0) is 4.79 Å². The second kappa shape index (κ2) is 4.41. The molecule has 0 fully saturated rings. The molecule has 0 spiro atoms. The van der Waals surface area contributed by atoms with E-state index in [1.807, 2.05) is 0 Å². The maximum atomic E-state index is 12.7. The molecule has 0 atom stereocenters. The standard InChI is InChI=1S/C10H10FNO2/c1-7-6-8(11)2-3-9(7)12-5-4-10(13)14/h2-6,12H,1H3,(H,13,14)/b5-4+. The molecule has 2 N–H and O–H groups in total. The fraction of sp³-hybridized carbons (Fsp3) is 0.100. The molecule has 0 amide bonds. The van der Waals surface area contributed by atoms with E-state index >= 15 is 0 Å². The first-order valence-corrected chi connectivity index (χ1v) is 4.02. The number of hydrogen-bond acceptors (Lipinski definition) is 2. The Morgan fingerprint density at radius 2 is 2.29 bits per heavy atom. The molecule has 74 valence electrons. The van der Waals surface area contributed by atoms with E-state index in [1.165, 1.54) is 18.3 Å². The Morgan fingerprint density at radius 3 is 2.86 bits per heavy atom. The van der Waals surface area contributed by atoms with Crippen LogP contribution in [0.2, 0.25) is 0 Å². The number of hydrogen-bond donors (Lipinski definition) is 2. The number of aryl methyl sites for hydroxylation is 1. The lowest BCUT2D eigenvalue weighted by Gasteiger charge is -2.04. The van der Waals surface area contributed by atoms with Gasteiger partial charge in [-0.1, -0.05) is 0 Å². The Morgan fingerprint density at radius 1 is 1.57 bits per heavy atom. The fourth-order valence-corrected chi connectivity index (χ4v) is 0.992. The van der Waals surface area contributed by atoms with E-state index in [1.54, 1.807) is 13.0 Å². The highest BCUT2D eigenvalue weighted by atomic mass is 19.1. The van der Waals surface area contributed by atoms with Crippen LogP contribution < -0.4 is 5.32 Å². The number of anilines is 1. The van der Waals surface area contributed by atoms with Crippen molar-refractivity contribution >= 4 is 11.7 Å². The number of carbonyl (C=O) groups is 1. The molecular formula is C10H10FNO2. The number of benzene rings is 1. The molecule has 0 saturated carbocycles. The first-order valence-electron chi connectivity index (χ1n) is 4.02. The predicted molar refractivity (Wildman–Crippen MR) is 51.5 cm³/mol. The summed E-state index contributed by atoms with van der Waals surface area (Å²) in [4.78, 5) is 10.1. The highest BCUT2D eigenvalue weighted by molar-refractivity contribution is 5.80. The van der Waals surface area contributed by atoms with Gasteiger partial charge in [0.05, 0.1) is 0 Å². The van der Waals surface area contributed by atoms with Gasteiger partial charge in [-0.25, -0.2) is 9.18 Å². The molecule has 1 aromatic rings. The molecule has 1 aromatic carbocycles. The average molecular weight is 195 g/mol. The minimum Gasteiger partial charge on any atom is -0.478 e. The van der Waals surface area contributed by atoms with Crippen molar-refractivity contribution in [2.75, 3.05) is 5.32 Å². The van der Waals surface area contributed by atoms with Crippen LogP contribution in [0, 0.1) is 12.7 Å². The van der Waals surface area contributed by atoms with Crippen molar-refractivity contribution in [3.8, 4) is 0 Å². The van der Waals surface area contributed by atoms with Crippen LogP contribution >= 0.6 is 0 Å². The van der Waals surface area contributed by atoms with Crippen LogP contribution in [0.25, 0.3) is 0 Å². The first-order chi connectivity index (χ1) is 6.59. The predicted octanol–water partition coefficient (Wildman–Crippen LogP) is 2.14. The summed E-state index contributed by atoms with van der Waals surface area (Å²) in [7, 11) is 0. The molecule has 0 saturated heterocycles. The van der Waals surface area contributed by atoms with Crippen LogP contribution in [0.4, 0.5) is 10.1 Å². The van der Waals surface area contributed by atoms with Crippen molar-refractivity contribution < 1.29 is 14.3 Å². The van der Waals surface area contributed by atoms with Gasteiger partial charge in [-0.15, -0.1) is 0 Å². The zero-order valence-corrected chi connectivity index (χ0v) is 7.62. The third-order valence-electron chi connectivity index (χ3n) is 1.65. The van der Waals surface area contributed by atoms with Gasteiger partial charge in [0, 0.05) is 18.0 Å². The van der Waals surface area contributed by atoms with Gasteiger partial charge in [-0.3, -0.25) is 0 Å². The van der Waals surface area contributed by atoms with Crippen LogP contribution in [0.1, 0.15) is 5.56 Å². The fourth-order valence-electron chi connectivity index (χ4n) is 0.992. The summed E-state index contributed by atoms with van der Waals surface area (Å²) in [6.07, 6.45) is 2.27. The summed E-state index contributed by atoms with van der Waals surface area (Å²) in [5, 5.41) is 11.1. The molecule has 0 aromatic heterocycles.